The fraction of sp³-hybridized carbons (Fsp3) is 0.500. The highest BCUT2D eigenvalue weighted by Crippen LogP contribution is 2.31. The number of esters is 1. The number of aromatic nitrogens is 2. The molecule has 1 aromatic rings. The zero-order valence-corrected chi connectivity index (χ0v) is 13.5. The van der Waals surface area contributed by atoms with E-state index in [9.17, 15) is 14.4 Å². The minimum atomic E-state index is -0.425. The van der Waals surface area contributed by atoms with Crippen LogP contribution in [0, 0.1) is 0 Å². The number of ketones is 2. The van der Waals surface area contributed by atoms with Gasteiger partial charge in [0.05, 0.1) is 5.70 Å². The normalized spacial score (nSPS) is 16.7. The van der Waals surface area contributed by atoms with Crippen molar-refractivity contribution in [2.75, 3.05) is 13.1 Å². The van der Waals surface area contributed by atoms with Crippen LogP contribution in [0.4, 0.5) is 0 Å². The van der Waals surface area contributed by atoms with E-state index in [1.54, 1.807) is 11.5 Å². The Morgan fingerprint density at radius 3 is 2.52 bits per heavy atom. The van der Waals surface area contributed by atoms with E-state index in [0.717, 1.165) is 19.5 Å². The summed E-state index contributed by atoms with van der Waals surface area (Å²) in [6.07, 6.45) is 0.777. The standard InChI is InChI=1S/C16H19N3O4/c1-4-5-19-11(8-23-10(3)20)17-12-14(19)16(22)13(18-6-7-18)9(2)15(12)21/h4-8H2,1-3H3. The van der Waals surface area contributed by atoms with Crippen molar-refractivity contribution in [2.24, 2.45) is 0 Å². The zero-order valence-electron chi connectivity index (χ0n) is 13.5. The van der Waals surface area contributed by atoms with Gasteiger partial charge in [-0.15, -0.1) is 0 Å². The Morgan fingerprint density at radius 2 is 1.96 bits per heavy atom. The molecule has 0 unspecified atom stereocenters. The number of allylic oxidation sites excluding steroid dienone is 2. The van der Waals surface area contributed by atoms with E-state index in [1.807, 2.05) is 11.8 Å². The van der Waals surface area contributed by atoms with Gasteiger partial charge in [-0.25, -0.2) is 4.98 Å². The van der Waals surface area contributed by atoms with Gasteiger partial charge >= 0.3 is 5.97 Å². The summed E-state index contributed by atoms with van der Waals surface area (Å²) >= 11 is 0. The molecule has 1 aliphatic carbocycles. The number of fused-ring (bicyclic) bond motifs is 1. The number of carbonyl (C=O) groups is 3. The fourth-order valence-corrected chi connectivity index (χ4v) is 2.85. The number of ether oxygens (including phenoxy) is 1. The third kappa shape index (κ3) is 2.56. The quantitative estimate of drug-likeness (QED) is 0.602. The van der Waals surface area contributed by atoms with E-state index >= 15 is 0 Å². The molecule has 0 radical (unpaired) electrons. The first-order valence-electron chi connectivity index (χ1n) is 7.73. The number of rotatable bonds is 5. The van der Waals surface area contributed by atoms with Crippen LogP contribution < -0.4 is 0 Å². The maximum absolute atomic E-state index is 12.9. The molecule has 0 amide bonds. The van der Waals surface area contributed by atoms with Gasteiger partial charge in [-0.2, -0.15) is 0 Å². The van der Waals surface area contributed by atoms with Gasteiger partial charge in [-0.1, -0.05) is 6.92 Å². The molecular weight excluding hydrogens is 298 g/mol. The second kappa shape index (κ2) is 5.64. The molecule has 1 aliphatic heterocycles. The van der Waals surface area contributed by atoms with E-state index < -0.39 is 5.97 Å². The predicted molar refractivity (Wildman–Crippen MR) is 80.9 cm³/mol. The molecule has 0 spiro atoms. The van der Waals surface area contributed by atoms with Crippen LogP contribution in [0.15, 0.2) is 11.3 Å². The van der Waals surface area contributed by atoms with Crippen LogP contribution in [0.5, 0.6) is 0 Å². The van der Waals surface area contributed by atoms with Crippen LogP contribution in [-0.4, -0.2) is 45.1 Å². The first-order valence-corrected chi connectivity index (χ1v) is 7.73. The lowest BCUT2D eigenvalue weighted by Crippen LogP contribution is -2.27. The summed E-state index contributed by atoms with van der Waals surface area (Å²) < 4.78 is 6.72. The van der Waals surface area contributed by atoms with Gasteiger partial charge in [-0.3, -0.25) is 14.4 Å². The maximum atomic E-state index is 12.9. The van der Waals surface area contributed by atoms with E-state index in [1.165, 1.54) is 6.92 Å². The monoisotopic (exact) mass is 317 g/mol. The molecule has 23 heavy (non-hydrogen) atoms. The highest BCUT2D eigenvalue weighted by Gasteiger charge is 2.40. The summed E-state index contributed by atoms with van der Waals surface area (Å²) in [5.41, 5.74) is 1.43. The first kappa shape index (κ1) is 15.5. The lowest BCUT2D eigenvalue weighted by atomic mass is 9.95. The lowest BCUT2D eigenvalue weighted by Gasteiger charge is -2.18. The van der Waals surface area contributed by atoms with Crippen LogP contribution in [-0.2, 0) is 22.7 Å². The predicted octanol–water partition coefficient (Wildman–Crippen LogP) is 1.32. The molecule has 1 saturated heterocycles. The molecule has 2 heterocycles. The summed E-state index contributed by atoms with van der Waals surface area (Å²) in [7, 11) is 0. The Morgan fingerprint density at radius 1 is 1.26 bits per heavy atom. The molecular formula is C16H19N3O4. The summed E-state index contributed by atoms with van der Waals surface area (Å²) in [5, 5.41) is 0. The van der Waals surface area contributed by atoms with E-state index in [4.69, 9.17) is 4.74 Å². The van der Waals surface area contributed by atoms with Crippen molar-refractivity contribution in [1.82, 2.24) is 14.5 Å². The molecule has 0 N–H and O–H groups in total. The summed E-state index contributed by atoms with van der Waals surface area (Å²) in [6.45, 7) is 7.05. The fourth-order valence-electron chi connectivity index (χ4n) is 2.85. The van der Waals surface area contributed by atoms with Gasteiger partial charge < -0.3 is 14.2 Å². The molecule has 0 atom stereocenters. The lowest BCUT2D eigenvalue weighted by molar-refractivity contribution is -0.142. The van der Waals surface area contributed by atoms with Gasteiger partial charge in [0.25, 0.3) is 0 Å². The number of hydrogen-bond donors (Lipinski definition) is 0. The van der Waals surface area contributed by atoms with Crippen molar-refractivity contribution in [3.05, 3.63) is 28.5 Å². The molecule has 1 fully saturated rings. The Balaban J connectivity index is 2.07. The molecule has 0 aromatic carbocycles. The molecule has 0 saturated carbocycles. The average Bonchev–Trinajstić information content (AvgIpc) is 3.25. The zero-order chi connectivity index (χ0) is 16.7. The van der Waals surface area contributed by atoms with Crippen molar-refractivity contribution in [3.63, 3.8) is 0 Å². The van der Waals surface area contributed by atoms with Gasteiger partial charge in [0.2, 0.25) is 11.6 Å². The number of imidazole rings is 1. The van der Waals surface area contributed by atoms with Crippen molar-refractivity contribution in [1.29, 1.82) is 0 Å². The minimum Gasteiger partial charge on any atom is -0.458 e. The Bertz CT molecular complexity index is 741. The molecule has 122 valence electrons. The van der Waals surface area contributed by atoms with Crippen LogP contribution in [0.1, 0.15) is 54.0 Å². The third-order valence-electron chi connectivity index (χ3n) is 4.00. The van der Waals surface area contributed by atoms with Crippen LogP contribution in [0.3, 0.4) is 0 Å². The number of nitrogens with zero attached hydrogens (tertiary/aromatic N) is 3. The Labute approximate surface area is 133 Å². The van der Waals surface area contributed by atoms with E-state index in [2.05, 4.69) is 4.98 Å². The second-order valence-corrected chi connectivity index (χ2v) is 5.78. The molecule has 2 aliphatic rings. The SMILES string of the molecule is CCCn1c(COC(C)=O)nc2c1C(=O)C(N1CC1)=C(C)C2=O. The number of Topliss-reactive ketones (excluding diaryl/α,β-unsaturated/α-hetero) is 2. The molecule has 1 aromatic heterocycles. The smallest absolute Gasteiger partial charge is 0.303 e. The maximum Gasteiger partial charge on any atom is 0.303 e. The van der Waals surface area contributed by atoms with E-state index in [-0.39, 0.29) is 23.9 Å². The van der Waals surface area contributed by atoms with Crippen molar-refractivity contribution >= 4 is 17.5 Å². The number of hydrogen-bond acceptors (Lipinski definition) is 6. The van der Waals surface area contributed by atoms with Crippen molar-refractivity contribution < 1.29 is 19.1 Å². The van der Waals surface area contributed by atoms with Crippen LogP contribution >= 0.6 is 0 Å². The summed E-state index contributed by atoms with van der Waals surface area (Å²) in [6, 6.07) is 0. The Kier molecular flexibility index (Phi) is 3.79. The van der Waals surface area contributed by atoms with Crippen molar-refractivity contribution in [2.45, 2.75) is 40.3 Å². The largest absolute Gasteiger partial charge is 0.458 e. The summed E-state index contributed by atoms with van der Waals surface area (Å²) in [4.78, 5) is 42.7. The third-order valence-corrected chi connectivity index (χ3v) is 4.00. The number of carbonyl (C=O) groups excluding carboxylic acids is 3. The van der Waals surface area contributed by atoms with Gasteiger partial charge in [0.1, 0.15) is 23.8 Å². The molecule has 7 nitrogen and oxygen atoms in total. The molecule has 3 rings (SSSR count). The van der Waals surface area contributed by atoms with Gasteiger partial charge in [-0.05, 0) is 13.3 Å². The molecule has 0 bridgehead atoms. The minimum absolute atomic E-state index is 0.0407. The summed E-state index contributed by atoms with van der Waals surface area (Å²) in [5.74, 6) is -0.371. The second-order valence-electron chi connectivity index (χ2n) is 5.78. The topological polar surface area (TPSA) is 81.3 Å². The van der Waals surface area contributed by atoms with Crippen molar-refractivity contribution in [3.8, 4) is 0 Å². The Hall–Kier alpha value is -2.44. The highest BCUT2D eigenvalue weighted by atomic mass is 16.5. The first-order chi connectivity index (χ1) is 11.0. The molecule has 7 heteroatoms. The van der Waals surface area contributed by atoms with Crippen LogP contribution in [0.2, 0.25) is 0 Å². The van der Waals surface area contributed by atoms with Gasteiger partial charge in [0, 0.05) is 32.1 Å². The van der Waals surface area contributed by atoms with Crippen LogP contribution in [0.25, 0.3) is 0 Å². The average molecular weight is 317 g/mol. The highest BCUT2D eigenvalue weighted by molar-refractivity contribution is 6.25. The van der Waals surface area contributed by atoms with Gasteiger partial charge in [0.15, 0.2) is 0 Å². The van der Waals surface area contributed by atoms with E-state index in [0.29, 0.717) is 29.3 Å².